The highest BCUT2D eigenvalue weighted by atomic mass is 15.2. The number of aryl methyl sites for hydroxylation is 1. The van der Waals surface area contributed by atoms with Crippen LogP contribution < -0.4 is 10.6 Å². The lowest BCUT2D eigenvalue weighted by molar-refractivity contribution is 0.782. The minimum Gasteiger partial charge on any atom is -0.352 e. The monoisotopic (exact) mass is 333 g/mol. The van der Waals surface area contributed by atoms with E-state index in [0.29, 0.717) is 6.54 Å². The summed E-state index contributed by atoms with van der Waals surface area (Å²) in [6.45, 7) is 3.40. The van der Waals surface area contributed by atoms with Crippen molar-refractivity contribution >= 4 is 5.96 Å². The Morgan fingerprint density at radius 2 is 1.72 bits per heavy atom. The Balaban J connectivity index is 1.53. The fourth-order valence-corrected chi connectivity index (χ4v) is 2.50. The van der Waals surface area contributed by atoms with Crippen molar-refractivity contribution in [1.29, 1.82) is 0 Å². The maximum absolute atomic E-state index is 4.43. The SMILES string of the molecule is CN=C(NCc1ccc(C)cc1)NCc1ncc(-c2ccccc2)[nH]1. The number of H-pyrrole nitrogens is 1. The first-order chi connectivity index (χ1) is 12.2. The highest BCUT2D eigenvalue weighted by molar-refractivity contribution is 5.79. The number of aliphatic imine (C=N–C) groups is 1. The van der Waals surface area contributed by atoms with Crippen LogP contribution in [0.3, 0.4) is 0 Å². The van der Waals surface area contributed by atoms with Crippen molar-refractivity contribution in [2.24, 2.45) is 4.99 Å². The first-order valence-electron chi connectivity index (χ1n) is 8.34. The highest BCUT2D eigenvalue weighted by Gasteiger charge is 2.04. The van der Waals surface area contributed by atoms with Crippen molar-refractivity contribution in [3.63, 3.8) is 0 Å². The molecule has 3 rings (SSSR count). The van der Waals surface area contributed by atoms with Crippen molar-refractivity contribution in [2.45, 2.75) is 20.0 Å². The zero-order valence-corrected chi connectivity index (χ0v) is 14.6. The third-order valence-electron chi connectivity index (χ3n) is 3.94. The molecule has 0 unspecified atom stereocenters. The molecule has 0 fully saturated rings. The van der Waals surface area contributed by atoms with E-state index in [1.165, 1.54) is 11.1 Å². The van der Waals surface area contributed by atoms with Crippen LogP contribution in [0.4, 0.5) is 0 Å². The molecule has 2 aromatic carbocycles. The average Bonchev–Trinajstić information content (AvgIpc) is 3.13. The number of rotatable bonds is 5. The molecule has 0 radical (unpaired) electrons. The number of guanidine groups is 1. The van der Waals surface area contributed by atoms with Gasteiger partial charge >= 0.3 is 0 Å². The fraction of sp³-hybridized carbons (Fsp3) is 0.200. The largest absolute Gasteiger partial charge is 0.352 e. The van der Waals surface area contributed by atoms with Crippen molar-refractivity contribution in [3.8, 4) is 11.3 Å². The summed E-state index contributed by atoms with van der Waals surface area (Å²) in [6, 6.07) is 18.6. The second-order valence-electron chi connectivity index (χ2n) is 5.87. The Morgan fingerprint density at radius 3 is 2.44 bits per heavy atom. The van der Waals surface area contributed by atoms with Gasteiger partial charge in [0.2, 0.25) is 0 Å². The van der Waals surface area contributed by atoms with Crippen molar-refractivity contribution in [2.75, 3.05) is 7.05 Å². The summed E-state index contributed by atoms with van der Waals surface area (Å²) in [5.74, 6) is 1.62. The van der Waals surface area contributed by atoms with Crippen LogP contribution in [0.2, 0.25) is 0 Å². The minimum atomic E-state index is 0.584. The van der Waals surface area contributed by atoms with Gasteiger partial charge < -0.3 is 15.6 Å². The molecule has 5 nitrogen and oxygen atoms in total. The van der Waals surface area contributed by atoms with Crippen LogP contribution >= 0.6 is 0 Å². The number of nitrogens with one attached hydrogen (secondary N) is 3. The van der Waals surface area contributed by atoms with E-state index in [1.54, 1.807) is 7.05 Å². The van der Waals surface area contributed by atoms with Crippen LogP contribution in [-0.4, -0.2) is 23.0 Å². The molecule has 0 spiro atoms. The smallest absolute Gasteiger partial charge is 0.191 e. The molecule has 0 saturated heterocycles. The zero-order chi connectivity index (χ0) is 17.5. The molecule has 25 heavy (non-hydrogen) atoms. The van der Waals surface area contributed by atoms with Gasteiger partial charge in [-0.15, -0.1) is 0 Å². The Hall–Kier alpha value is -3.08. The third kappa shape index (κ3) is 4.70. The van der Waals surface area contributed by atoms with Crippen LogP contribution in [0.15, 0.2) is 65.8 Å². The van der Waals surface area contributed by atoms with Gasteiger partial charge in [0.05, 0.1) is 18.4 Å². The predicted molar refractivity (Wildman–Crippen MR) is 102 cm³/mol. The van der Waals surface area contributed by atoms with Gasteiger partial charge in [-0.05, 0) is 18.1 Å². The normalized spacial score (nSPS) is 11.4. The summed E-state index contributed by atoms with van der Waals surface area (Å²) in [7, 11) is 1.77. The Bertz CT molecular complexity index is 819. The van der Waals surface area contributed by atoms with Gasteiger partial charge in [-0.3, -0.25) is 4.99 Å². The Kier molecular flexibility index (Phi) is 5.46. The van der Waals surface area contributed by atoms with Crippen LogP contribution in [0.1, 0.15) is 17.0 Å². The van der Waals surface area contributed by atoms with Crippen LogP contribution in [0.5, 0.6) is 0 Å². The predicted octanol–water partition coefficient (Wildman–Crippen LogP) is 3.25. The van der Waals surface area contributed by atoms with Crippen molar-refractivity contribution < 1.29 is 0 Å². The molecular weight excluding hydrogens is 310 g/mol. The second kappa shape index (κ2) is 8.15. The number of hydrogen-bond acceptors (Lipinski definition) is 2. The Labute approximate surface area is 148 Å². The number of imidazole rings is 1. The average molecular weight is 333 g/mol. The maximum atomic E-state index is 4.43. The molecule has 5 heteroatoms. The number of benzene rings is 2. The summed E-state index contributed by atoms with van der Waals surface area (Å²) in [5, 5.41) is 6.59. The lowest BCUT2D eigenvalue weighted by atomic mass is 10.1. The highest BCUT2D eigenvalue weighted by Crippen LogP contribution is 2.15. The number of aromatic amines is 1. The summed E-state index contributed by atoms with van der Waals surface area (Å²) >= 11 is 0. The van der Waals surface area contributed by atoms with Gasteiger partial charge in [0.25, 0.3) is 0 Å². The molecule has 3 aromatic rings. The molecular formula is C20H23N5. The second-order valence-corrected chi connectivity index (χ2v) is 5.87. The molecule has 0 amide bonds. The quantitative estimate of drug-likeness (QED) is 0.496. The number of aromatic nitrogens is 2. The molecule has 0 atom stereocenters. The van der Waals surface area contributed by atoms with E-state index in [-0.39, 0.29) is 0 Å². The number of hydrogen-bond donors (Lipinski definition) is 3. The molecule has 0 aliphatic heterocycles. The summed E-state index contributed by atoms with van der Waals surface area (Å²) in [4.78, 5) is 12.0. The van der Waals surface area contributed by atoms with Gasteiger partial charge in [0.1, 0.15) is 5.82 Å². The summed E-state index contributed by atoms with van der Waals surface area (Å²) < 4.78 is 0. The van der Waals surface area contributed by atoms with Crippen molar-refractivity contribution in [3.05, 3.63) is 77.7 Å². The molecule has 0 saturated carbocycles. The first-order valence-corrected chi connectivity index (χ1v) is 8.34. The summed E-state index contributed by atoms with van der Waals surface area (Å²) in [6.07, 6.45) is 1.86. The minimum absolute atomic E-state index is 0.584. The van der Waals surface area contributed by atoms with Crippen LogP contribution in [-0.2, 0) is 13.1 Å². The zero-order valence-electron chi connectivity index (χ0n) is 14.6. The van der Waals surface area contributed by atoms with E-state index in [9.17, 15) is 0 Å². The van der Waals surface area contributed by atoms with Gasteiger partial charge in [-0.25, -0.2) is 4.98 Å². The molecule has 0 bridgehead atoms. The third-order valence-corrected chi connectivity index (χ3v) is 3.94. The fourth-order valence-electron chi connectivity index (χ4n) is 2.50. The molecule has 1 aromatic heterocycles. The lowest BCUT2D eigenvalue weighted by Crippen LogP contribution is -2.36. The van der Waals surface area contributed by atoms with E-state index >= 15 is 0 Å². The van der Waals surface area contributed by atoms with Gasteiger partial charge in [-0.1, -0.05) is 60.2 Å². The molecule has 128 valence electrons. The van der Waals surface area contributed by atoms with Gasteiger partial charge in [-0.2, -0.15) is 0 Å². The maximum Gasteiger partial charge on any atom is 0.191 e. The van der Waals surface area contributed by atoms with Crippen LogP contribution in [0.25, 0.3) is 11.3 Å². The standard InChI is InChI=1S/C20H23N5/c1-15-8-10-16(11-9-15)12-23-20(21-2)24-14-19-22-13-18(25-19)17-6-4-3-5-7-17/h3-11,13H,12,14H2,1-2H3,(H,22,25)(H2,21,23,24). The van der Waals surface area contributed by atoms with E-state index in [4.69, 9.17) is 0 Å². The topological polar surface area (TPSA) is 65.1 Å². The summed E-state index contributed by atoms with van der Waals surface area (Å²) in [5.41, 5.74) is 4.62. The molecule has 3 N–H and O–H groups in total. The van der Waals surface area contributed by atoms with Gasteiger partial charge in [0.15, 0.2) is 5.96 Å². The van der Waals surface area contributed by atoms with E-state index in [0.717, 1.165) is 29.6 Å². The molecule has 0 aliphatic carbocycles. The van der Waals surface area contributed by atoms with E-state index in [2.05, 4.69) is 68.9 Å². The number of nitrogens with zero attached hydrogens (tertiary/aromatic N) is 2. The first kappa shape index (κ1) is 16.8. The van der Waals surface area contributed by atoms with Crippen LogP contribution in [0, 0.1) is 6.92 Å². The lowest BCUT2D eigenvalue weighted by Gasteiger charge is -2.11. The van der Waals surface area contributed by atoms with E-state index < -0.39 is 0 Å². The van der Waals surface area contributed by atoms with E-state index in [1.807, 2.05) is 24.4 Å². The van der Waals surface area contributed by atoms with Gasteiger partial charge in [0, 0.05) is 13.6 Å². The molecule has 1 heterocycles. The Morgan fingerprint density at radius 1 is 1.00 bits per heavy atom. The van der Waals surface area contributed by atoms with Crippen molar-refractivity contribution in [1.82, 2.24) is 20.6 Å². The molecule has 0 aliphatic rings.